The van der Waals surface area contributed by atoms with Gasteiger partial charge >= 0.3 is 0 Å². The quantitative estimate of drug-likeness (QED) is 0.583. The Balaban J connectivity index is 1.41. The maximum Gasteiger partial charge on any atom is 0.254 e. The van der Waals surface area contributed by atoms with E-state index in [1.54, 1.807) is 18.0 Å². The molecule has 0 saturated carbocycles. The zero-order valence-corrected chi connectivity index (χ0v) is 20.0. The number of hydrogen-bond donors (Lipinski definition) is 1. The van der Waals surface area contributed by atoms with Gasteiger partial charge in [-0.25, -0.2) is 9.97 Å². The van der Waals surface area contributed by atoms with Crippen LogP contribution in [0.3, 0.4) is 0 Å². The number of ether oxygens (including phenoxy) is 1. The van der Waals surface area contributed by atoms with Crippen molar-refractivity contribution in [3.63, 3.8) is 0 Å². The van der Waals surface area contributed by atoms with Gasteiger partial charge in [0.05, 0.1) is 29.8 Å². The Kier molecular flexibility index (Phi) is 6.69. The van der Waals surface area contributed by atoms with Crippen molar-refractivity contribution >= 4 is 5.91 Å². The Morgan fingerprint density at radius 2 is 2.03 bits per heavy atom. The highest BCUT2D eigenvalue weighted by Crippen LogP contribution is 2.31. The fourth-order valence-electron chi connectivity index (χ4n) is 5.16. The number of likely N-dealkylation sites (tertiary alicyclic amines) is 1. The highest BCUT2D eigenvalue weighted by Gasteiger charge is 2.24. The van der Waals surface area contributed by atoms with Crippen molar-refractivity contribution in [3.05, 3.63) is 59.0 Å². The van der Waals surface area contributed by atoms with Crippen LogP contribution < -0.4 is 5.32 Å². The summed E-state index contributed by atoms with van der Waals surface area (Å²) in [5.41, 5.74) is 5.69. The number of aryl methyl sites for hydroxylation is 2. The normalized spacial score (nSPS) is 17.8. The molecule has 1 aromatic carbocycles. The van der Waals surface area contributed by atoms with Gasteiger partial charge in [-0.05, 0) is 63.2 Å². The summed E-state index contributed by atoms with van der Waals surface area (Å²) in [6.45, 7) is 2.01. The lowest BCUT2D eigenvalue weighted by Gasteiger charge is -2.19. The molecule has 178 valence electrons. The molecule has 0 unspecified atom stereocenters. The zero-order valence-electron chi connectivity index (χ0n) is 20.0. The van der Waals surface area contributed by atoms with E-state index in [-0.39, 0.29) is 12.5 Å². The monoisotopic (exact) mass is 460 g/mol. The number of benzene rings is 1. The van der Waals surface area contributed by atoms with Gasteiger partial charge in [0.15, 0.2) is 0 Å². The first kappa shape index (κ1) is 22.7. The van der Waals surface area contributed by atoms with Crippen LogP contribution in [0.15, 0.2) is 36.7 Å². The van der Waals surface area contributed by atoms with Gasteiger partial charge in [0.2, 0.25) is 0 Å². The Morgan fingerprint density at radius 1 is 1.18 bits per heavy atom. The summed E-state index contributed by atoms with van der Waals surface area (Å²) in [7, 11) is 3.77. The minimum atomic E-state index is -0.140. The van der Waals surface area contributed by atoms with Crippen LogP contribution in [-0.4, -0.2) is 63.8 Å². The van der Waals surface area contributed by atoms with Crippen LogP contribution in [0.1, 0.15) is 52.9 Å². The molecule has 34 heavy (non-hydrogen) atoms. The molecule has 1 fully saturated rings. The number of nitrogens with one attached hydrogen (secondary N) is 1. The number of rotatable bonds is 7. The number of carbonyl (C=O) groups is 1. The molecule has 1 saturated heterocycles. The third-order valence-corrected chi connectivity index (χ3v) is 7.04. The van der Waals surface area contributed by atoms with Gasteiger partial charge in [0.25, 0.3) is 11.9 Å². The Hall–Kier alpha value is -3.10. The molecule has 2 aliphatic rings. The molecule has 3 heterocycles. The van der Waals surface area contributed by atoms with Crippen molar-refractivity contribution in [2.45, 2.75) is 51.2 Å². The van der Waals surface area contributed by atoms with Crippen molar-refractivity contribution in [3.8, 4) is 17.2 Å². The van der Waals surface area contributed by atoms with Crippen molar-refractivity contribution in [1.82, 2.24) is 30.0 Å². The van der Waals surface area contributed by atoms with Gasteiger partial charge in [-0.3, -0.25) is 4.79 Å². The highest BCUT2D eigenvalue weighted by atomic mass is 16.5. The molecule has 1 aliphatic carbocycles. The number of fused-ring (bicyclic) bond motifs is 3. The van der Waals surface area contributed by atoms with E-state index in [1.807, 2.05) is 12.3 Å². The molecule has 1 atom stereocenters. The molecule has 0 spiro atoms. The first-order valence-corrected chi connectivity index (χ1v) is 12.1. The SMILES string of the molecule is COCc1c(C(=O)NCC[C@H]2CCCN2C)cnn1-c1ncc2c(n1)-c1ccccc1CCC2. The summed E-state index contributed by atoms with van der Waals surface area (Å²) in [6.07, 6.45) is 9.90. The summed E-state index contributed by atoms with van der Waals surface area (Å²) in [5.74, 6) is 0.313. The summed E-state index contributed by atoms with van der Waals surface area (Å²) < 4.78 is 7.06. The second kappa shape index (κ2) is 10.0. The lowest BCUT2D eigenvalue weighted by Crippen LogP contribution is -2.32. The van der Waals surface area contributed by atoms with Gasteiger partial charge in [-0.15, -0.1) is 0 Å². The van der Waals surface area contributed by atoms with E-state index < -0.39 is 0 Å². The molecule has 3 aromatic rings. The van der Waals surface area contributed by atoms with Gasteiger partial charge in [-0.2, -0.15) is 9.78 Å². The fraction of sp³-hybridized carbons (Fsp3) is 0.462. The van der Waals surface area contributed by atoms with Crippen LogP contribution in [0.2, 0.25) is 0 Å². The van der Waals surface area contributed by atoms with E-state index in [2.05, 4.69) is 45.5 Å². The predicted octanol–water partition coefficient (Wildman–Crippen LogP) is 3.18. The molecular weight excluding hydrogens is 428 g/mol. The zero-order chi connectivity index (χ0) is 23.5. The first-order chi connectivity index (χ1) is 16.7. The molecule has 1 aliphatic heterocycles. The number of nitrogens with zero attached hydrogens (tertiary/aromatic N) is 5. The van der Waals surface area contributed by atoms with Crippen molar-refractivity contribution in [1.29, 1.82) is 0 Å². The number of methoxy groups -OCH3 is 1. The van der Waals surface area contributed by atoms with Gasteiger partial charge in [0.1, 0.15) is 0 Å². The second-order valence-electron chi connectivity index (χ2n) is 9.23. The average Bonchev–Trinajstić information content (AvgIpc) is 3.40. The number of aromatic nitrogens is 4. The van der Waals surface area contributed by atoms with Crippen LogP contribution in [0, 0.1) is 0 Å². The smallest absolute Gasteiger partial charge is 0.254 e. The van der Waals surface area contributed by atoms with Gasteiger partial charge in [-0.1, -0.05) is 24.3 Å². The fourth-order valence-corrected chi connectivity index (χ4v) is 5.16. The van der Waals surface area contributed by atoms with Gasteiger partial charge < -0.3 is 15.0 Å². The standard InChI is InChI=1S/C26H32N6O2/c1-31-14-6-10-20(31)12-13-27-25(33)22-16-29-32(23(22)17-34-2)26-28-15-19-9-5-8-18-7-3-4-11-21(18)24(19)30-26/h3-4,7,11,15-16,20H,5-6,8-10,12-14,17H2,1-2H3,(H,27,33)/t20-/m1/s1. The maximum atomic E-state index is 13.0. The van der Waals surface area contributed by atoms with E-state index in [0.717, 1.165) is 49.0 Å². The molecule has 0 radical (unpaired) electrons. The topological polar surface area (TPSA) is 85.2 Å². The third kappa shape index (κ3) is 4.48. The van der Waals surface area contributed by atoms with E-state index in [0.29, 0.717) is 29.8 Å². The Labute approximate surface area is 200 Å². The molecule has 8 nitrogen and oxygen atoms in total. The Bertz CT molecular complexity index is 1170. The van der Waals surface area contributed by atoms with Crippen molar-refractivity contribution in [2.75, 3.05) is 27.2 Å². The van der Waals surface area contributed by atoms with Crippen molar-refractivity contribution < 1.29 is 9.53 Å². The molecule has 0 bridgehead atoms. The van der Waals surface area contributed by atoms with E-state index in [1.165, 1.54) is 18.4 Å². The minimum Gasteiger partial charge on any atom is -0.378 e. The molecular formula is C26H32N6O2. The molecule has 1 N–H and O–H groups in total. The van der Waals surface area contributed by atoms with Crippen LogP contribution in [-0.2, 0) is 24.2 Å². The van der Waals surface area contributed by atoms with Crippen LogP contribution in [0.5, 0.6) is 0 Å². The molecule has 5 rings (SSSR count). The summed E-state index contributed by atoms with van der Waals surface area (Å²) in [4.78, 5) is 24.9. The number of amides is 1. The molecule has 1 amide bonds. The Morgan fingerprint density at radius 3 is 2.85 bits per heavy atom. The number of hydrogen-bond acceptors (Lipinski definition) is 6. The summed E-state index contributed by atoms with van der Waals surface area (Å²) >= 11 is 0. The highest BCUT2D eigenvalue weighted by molar-refractivity contribution is 5.95. The lowest BCUT2D eigenvalue weighted by molar-refractivity contribution is 0.0945. The molecule has 8 heteroatoms. The van der Waals surface area contributed by atoms with Crippen LogP contribution >= 0.6 is 0 Å². The largest absolute Gasteiger partial charge is 0.378 e. The third-order valence-electron chi connectivity index (χ3n) is 7.04. The maximum absolute atomic E-state index is 13.0. The van der Waals surface area contributed by atoms with E-state index >= 15 is 0 Å². The van der Waals surface area contributed by atoms with Crippen molar-refractivity contribution in [2.24, 2.45) is 0 Å². The minimum absolute atomic E-state index is 0.140. The average molecular weight is 461 g/mol. The summed E-state index contributed by atoms with van der Waals surface area (Å²) in [5, 5.41) is 7.56. The molecule has 2 aromatic heterocycles. The van der Waals surface area contributed by atoms with Crippen LogP contribution in [0.4, 0.5) is 0 Å². The number of carbonyl (C=O) groups excluding carboxylic acids is 1. The van der Waals surface area contributed by atoms with Gasteiger partial charge in [0, 0.05) is 31.5 Å². The predicted molar refractivity (Wildman–Crippen MR) is 130 cm³/mol. The second-order valence-corrected chi connectivity index (χ2v) is 9.23. The lowest BCUT2D eigenvalue weighted by atomic mass is 10.0. The van der Waals surface area contributed by atoms with Crippen LogP contribution in [0.25, 0.3) is 17.2 Å². The van der Waals surface area contributed by atoms with E-state index in [4.69, 9.17) is 9.72 Å². The summed E-state index contributed by atoms with van der Waals surface area (Å²) in [6, 6.07) is 8.95. The van der Waals surface area contributed by atoms with E-state index in [9.17, 15) is 4.79 Å². The first-order valence-electron chi connectivity index (χ1n) is 12.1.